The summed E-state index contributed by atoms with van der Waals surface area (Å²) < 4.78 is 6.43. The number of rotatable bonds is 5. The van der Waals surface area contributed by atoms with Crippen molar-refractivity contribution < 1.29 is 19.4 Å². The van der Waals surface area contributed by atoms with Crippen LogP contribution in [0.5, 0.6) is 0 Å². The van der Waals surface area contributed by atoms with Crippen molar-refractivity contribution in [3.8, 4) is 11.1 Å². The fourth-order valence-electron chi connectivity index (χ4n) is 4.26. The first-order chi connectivity index (χ1) is 16.2. The van der Waals surface area contributed by atoms with Crippen LogP contribution in [0.25, 0.3) is 11.1 Å². The summed E-state index contributed by atoms with van der Waals surface area (Å²) >= 11 is 0. The first-order valence-corrected chi connectivity index (χ1v) is 11.9. The maximum absolute atomic E-state index is 13.8. The monoisotopic (exact) mass is 467 g/mol. The van der Waals surface area contributed by atoms with E-state index in [0.29, 0.717) is 25.3 Å². The van der Waals surface area contributed by atoms with Crippen LogP contribution in [0.15, 0.2) is 48.5 Å². The Labute approximate surface area is 202 Å². The maximum atomic E-state index is 13.8. The fraction of sp³-hybridized carbons (Fsp3) is 0.481. The molecule has 0 aromatic heterocycles. The lowest BCUT2D eigenvalue weighted by Gasteiger charge is -2.35. The van der Waals surface area contributed by atoms with E-state index < -0.39 is 0 Å². The van der Waals surface area contributed by atoms with Crippen molar-refractivity contribution in [1.29, 1.82) is 0 Å². The lowest BCUT2D eigenvalue weighted by molar-refractivity contribution is -0.0185. The number of hydrogen-bond donors (Lipinski definition) is 2. The van der Waals surface area contributed by atoms with Crippen LogP contribution in [-0.2, 0) is 11.3 Å². The zero-order chi connectivity index (χ0) is 24.8. The van der Waals surface area contributed by atoms with E-state index in [0.717, 1.165) is 16.7 Å². The lowest BCUT2D eigenvalue weighted by atomic mass is 9.94. The van der Waals surface area contributed by atoms with E-state index in [1.807, 2.05) is 76.2 Å². The van der Waals surface area contributed by atoms with Gasteiger partial charge in [0.1, 0.15) is 0 Å². The molecule has 0 fully saturated rings. The van der Waals surface area contributed by atoms with Gasteiger partial charge < -0.3 is 25.0 Å². The summed E-state index contributed by atoms with van der Waals surface area (Å²) in [6.45, 7) is 8.72. The second kappa shape index (κ2) is 11.5. The predicted octanol–water partition coefficient (Wildman–Crippen LogP) is 3.76. The Morgan fingerprint density at radius 3 is 2.38 bits per heavy atom. The van der Waals surface area contributed by atoms with Gasteiger partial charge in [-0.05, 0) is 43.5 Å². The first kappa shape index (κ1) is 25.7. The molecule has 184 valence electrons. The third-order valence-corrected chi connectivity index (χ3v) is 6.31. The van der Waals surface area contributed by atoms with Crippen molar-refractivity contribution in [3.05, 3.63) is 59.7 Å². The summed E-state index contributed by atoms with van der Waals surface area (Å²) in [5, 5.41) is 12.8. The molecule has 34 heavy (non-hydrogen) atoms. The zero-order valence-corrected chi connectivity index (χ0v) is 20.8. The van der Waals surface area contributed by atoms with Crippen LogP contribution in [0.2, 0.25) is 0 Å². The first-order valence-electron chi connectivity index (χ1n) is 11.9. The van der Waals surface area contributed by atoms with E-state index in [4.69, 9.17) is 4.74 Å². The Hall–Kier alpha value is -2.90. The number of hydrogen-bond acceptors (Lipinski definition) is 4. The summed E-state index contributed by atoms with van der Waals surface area (Å²) in [6.07, 6.45) is -0.307. The number of aliphatic hydroxyl groups excluding tert-OH is 1. The number of ether oxygens (including phenoxy) is 1. The van der Waals surface area contributed by atoms with E-state index in [2.05, 4.69) is 5.32 Å². The van der Waals surface area contributed by atoms with Gasteiger partial charge in [0.25, 0.3) is 5.91 Å². The third-order valence-electron chi connectivity index (χ3n) is 6.31. The number of fused-ring (bicyclic) bond motifs is 3. The molecule has 1 aliphatic rings. The smallest absolute Gasteiger partial charge is 0.317 e. The van der Waals surface area contributed by atoms with Crippen molar-refractivity contribution in [3.63, 3.8) is 0 Å². The maximum Gasteiger partial charge on any atom is 0.317 e. The second-order valence-electron chi connectivity index (χ2n) is 9.50. The van der Waals surface area contributed by atoms with Crippen LogP contribution in [0.3, 0.4) is 0 Å². The van der Waals surface area contributed by atoms with Gasteiger partial charge in [-0.15, -0.1) is 0 Å². The largest absolute Gasteiger partial charge is 0.394 e. The third kappa shape index (κ3) is 5.96. The molecule has 0 radical (unpaired) electrons. The molecule has 1 heterocycles. The highest BCUT2D eigenvalue weighted by Gasteiger charge is 2.31. The highest BCUT2D eigenvalue weighted by molar-refractivity contribution is 6.01. The van der Waals surface area contributed by atoms with Gasteiger partial charge in [-0.3, -0.25) is 4.79 Å². The fourth-order valence-corrected chi connectivity index (χ4v) is 4.26. The standard InChI is InChI=1S/C27H37N3O4/c1-18(2)28-27(33)29(5)15-25-19(3)14-30(20(4)16-31)26(32)24-13-9-8-12-23(24)22-11-7-6-10-21(22)17-34-25/h6-13,18-20,25,31H,14-17H2,1-5H3,(H,28,33)/t19-,20+,25-/m0/s1. The van der Waals surface area contributed by atoms with Crippen LogP contribution in [-0.4, -0.2) is 71.8 Å². The number of amides is 3. The average molecular weight is 468 g/mol. The van der Waals surface area contributed by atoms with Crippen molar-refractivity contribution in [2.75, 3.05) is 26.7 Å². The number of benzene rings is 2. The minimum absolute atomic E-state index is 0.0322. The van der Waals surface area contributed by atoms with Gasteiger partial charge in [0.05, 0.1) is 25.4 Å². The Kier molecular flexibility index (Phi) is 8.69. The lowest BCUT2D eigenvalue weighted by Crippen LogP contribution is -2.49. The average Bonchev–Trinajstić information content (AvgIpc) is 2.84. The molecular weight excluding hydrogens is 430 g/mol. The van der Waals surface area contributed by atoms with Crippen LogP contribution in [0.4, 0.5) is 4.79 Å². The van der Waals surface area contributed by atoms with Crippen LogP contribution in [0, 0.1) is 5.92 Å². The molecule has 7 nitrogen and oxygen atoms in total. The minimum atomic E-state index is -0.360. The molecule has 2 aromatic carbocycles. The number of carbonyl (C=O) groups is 2. The zero-order valence-electron chi connectivity index (χ0n) is 20.8. The molecule has 3 amide bonds. The quantitative estimate of drug-likeness (QED) is 0.702. The van der Waals surface area contributed by atoms with E-state index >= 15 is 0 Å². The highest BCUT2D eigenvalue weighted by atomic mass is 16.5. The molecule has 0 bridgehead atoms. The molecule has 2 aromatic rings. The van der Waals surface area contributed by atoms with Crippen LogP contribution >= 0.6 is 0 Å². The van der Waals surface area contributed by atoms with Gasteiger partial charge in [-0.25, -0.2) is 4.79 Å². The van der Waals surface area contributed by atoms with Crippen molar-refractivity contribution >= 4 is 11.9 Å². The number of urea groups is 1. The molecule has 0 unspecified atom stereocenters. The summed E-state index contributed by atoms with van der Waals surface area (Å²) in [5.74, 6) is -0.199. The molecule has 1 aliphatic heterocycles. The molecule has 0 saturated carbocycles. The van der Waals surface area contributed by atoms with E-state index in [1.165, 1.54) is 0 Å². The Bertz CT molecular complexity index is 993. The summed E-state index contributed by atoms with van der Waals surface area (Å²) in [7, 11) is 1.75. The van der Waals surface area contributed by atoms with Crippen molar-refractivity contribution in [2.45, 2.75) is 52.5 Å². The molecule has 7 heteroatoms. The summed E-state index contributed by atoms with van der Waals surface area (Å²) in [6, 6.07) is 15.0. The van der Waals surface area contributed by atoms with Crippen LogP contribution in [0.1, 0.15) is 43.6 Å². The Morgan fingerprint density at radius 2 is 1.74 bits per heavy atom. The number of nitrogens with zero attached hydrogens (tertiary/aromatic N) is 2. The molecule has 2 N–H and O–H groups in total. The van der Waals surface area contributed by atoms with Gasteiger partial charge in [-0.1, -0.05) is 49.4 Å². The van der Waals surface area contributed by atoms with Gasteiger partial charge >= 0.3 is 6.03 Å². The Balaban J connectivity index is 2.02. The van der Waals surface area contributed by atoms with E-state index in [9.17, 15) is 14.7 Å². The molecule has 3 atom stereocenters. The molecule has 3 rings (SSSR count). The normalized spacial score (nSPS) is 19.6. The van der Waals surface area contributed by atoms with Crippen LogP contribution < -0.4 is 5.32 Å². The number of carbonyl (C=O) groups excluding carboxylic acids is 2. The Morgan fingerprint density at radius 1 is 1.12 bits per heavy atom. The van der Waals surface area contributed by atoms with Gasteiger partial charge in [-0.2, -0.15) is 0 Å². The summed E-state index contributed by atoms with van der Waals surface area (Å²) in [5.41, 5.74) is 3.39. The van der Waals surface area contributed by atoms with Gasteiger partial charge in [0.2, 0.25) is 0 Å². The topological polar surface area (TPSA) is 82.1 Å². The van der Waals surface area contributed by atoms with E-state index in [1.54, 1.807) is 16.8 Å². The van der Waals surface area contributed by atoms with Gasteiger partial charge in [0, 0.05) is 37.7 Å². The highest BCUT2D eigenvalue weighted by Crippen LogP contribution is 2.31. The van der Waals surface area contributed by atoms with Crippen molar-refractivity contribution in [1.82, 2.24) is 15.1 Å². The number of aliphatic hydroxyl groups is 1. The molecule has 0 aliphatic carbocycles. The molecular formula is C27H37N3O4. The second-order valence-corrected chi connectivity index (χ2v) is 9.50. The van der Waals surface area contributed by atoms with E-state index in [-0.39, 0.29) is 42.7 Å². The summed E-state index contributed by atoms with van der Waals surface area (Å²) in [4.78, 5) is 29.7. The number of nitrogens with one attached hydrogen (secondary N) is 1. The van der Waals surface area contributed by atoms with Gasteiger partial charge in [0.15, 0.2) is 0 Å². The predicted molar refractivity (Wildman–Crippen MR) is 134 cm³/mol. The molecule has 0 saturated heterocycles. The minimum Gasteiger partial charge on any atom is -0.394 e. The molecule has 0 spiro atoms. The SMILES string of the molecule is CC(C)NC(=O)N(C)C[C@@H]1OCc2ccccc2-c2ccccc2C(=O)N([C@H](C)CO)C[C@@H]1C. The van der Waals surface area contributed by atoms with Crippen molar-refractivity contribution in [2.24, 2.45) is 5.92 Å². The number of likely N-dealkylation sites (N-methyl/N-ethyl adjacent to an activating group) is 1.